The van der Waals surface area contributed by atoms with Gasteiger partial charge in [0.05, 0.1) is 0 Å². The molecular formula is C28H31NO9Te. The molecule has 0 spiro atoms. The molecule has 1 aliphatic heterocycles. The Labute approximate surface area is 237 Å². The van der Waals surface area contributed by atoms with Gasteiger partial charge in [-0.05, 0) is 0 Å². The van der Waals surface area contributed by atoms with Gasteiger partial charge in [0, 0.05) is 0 Å². The number of aromatic nitrogens is 1. The molecule has 11 heteroatoms. The van der Waals surface area contributed by atoms with E-state index in [-0.39, 0.29) is 6.61 Å². The summed E-state index contributed by atoms with van der Waals surface area (Å²) in [5, 5.41) is 0. The van der Waals surface area contributed by atoms with Gasteiger partial charge in [0.25, 0.3) is 0 Å². The Bertz CT molecular complexity index is 1200. The van der Waals surface area contributed by atoms with Crippen molar-refractivity contribution in [1.82, 2.24) is 4.98 Å². The van der Waals surface area contributed by atoms with Crippen molar-refractivity contribution < 1.29 is 42.9 Å². The van der Waals surface area contributed by atoms with Crippen LogP contribution >= 0.6 is 0 Å². The van der Waals surface area contributed by atoms with Gasteiger partial charge in [0.2, 0.25) is 0 Å². The van der Waals surface area contributed by atoms with Crippen LogP contribution in [0.4, 0.5) is 0 Å². The van der Waals surface area contributed by atoms with Crippen LogP contribution in [-0.4, -0.2) is 86.9 Å². The number of nitrogens with zero attached hydrogens (tertiary/aromatic N) is 1. The van der Waals surface area contributed by atoms with Crippen LogP contribution in [0, 0.1) is 6.92 Å². The van der Waals surface area contributed by atoms with Crippen molar-refractivity contribution in [2.75, 3.05) is 6.61 Å². The summed E-state index contributed by atoms with van der Waals surface area (Å²) in [6.45, 7) is 6.58. The number of carbonyl (C=O) groups is 4. The molecule has 0 bridgehead atoms. The molecule has 0 N–H and O–H groups in total. The SMILES string of the molecule is CC(=O)OC[C@H]1O[C@H](/C=C(/[Te]c2ccc(C)cc2)c2cccnc2)[C@H](OC(C)=O)[C@@H](OC(C)=O)[C@@H]1OC(C)=O. The van der Waals surface area contributed by atoms with Crippen molar-refractivity contribution in [1.29, 1.82) is 0 Å². The van der Waals surface area contributed by atoms with Gasteiger partial charge >= 0.3 is 238 Å². The molecule has 0 radical (unpaired) electrons. The summed E-state index contributed by atoms with van der Waals surface area (Å²) in [4.78, 5) is 52.1. The van der Waals surface area contributed by atoms with E-state index in [1.165, 1.54) is 27.7 Å². The molecule has 1 aromatic carbocycles. The topological polar surface area (TPSA) is 127 Å². The van der Waals surface area contributed by atoms with Gasteiger partial charge in [0.15, 0.2) is 0 Å². The number of ether oxygens (including phenoxy) is 5. The number of hydrogen-bond donors (Lipinski definition) is 0. The number of pyridine rings is 1. The third-order valence-corrected chi connectivity index (χ3v) is 8.68. The Morgan fingerprint density at radius 2 is 1.49 bits per heavy atom. The van der Waals surface area contributed by atoms with Crippen molar-refractivity contribution in [3.8, 4) is 0 Å². The second kappa shape index (κ2) is 14.2. The Kier molecular flexibility index (Phi) is 11.0. The molecule has 0 aliphatic carbocycles. The average Bonchev–Trinajstić information content (AvgIpc) is 2.87. The summed E-state index contributed by atoms with van der Waals surface area (Å²) in [6.07, 6.45) is -0.286. The zero-order valence-corrected chi connectivity index (χ0v) is 24.7. The fourth-order valence-corrected chi connectivity index (χ4v) is 6.74. The van der Waals surface area contributed by atoms with Gasteiger partial charge in [-0.15, -0.1) is 0 Å². The van der Waals surface area contributed by atoms with E-state index in [1.807, 2.05) is 37.3 Å². The summed E-state index contributed by atoms with van der Waals surface area (Å²) in [5.74, 6) is -2.56. The first kappa shape index (κ1) is 30.3. The molecule has 2 aromatic rings. The number of esters is 4. The van der Waals surface area contributed by atoms with E-state index in [1.54, 1.807) is 12.4 Å². The van der Waals surface area contributed by atoms with Crippen LogP contribution in [0.5, 0.6) is 0 Å². The molecule has 3 rings (SSSR count). The van der Waals surface area contributed by atoms with Crippen molar-refractivity contribution in [2.24, 2.45) is 0 Å². The van der Waals surface area contributed by atoms with Gasteiger partial charge in [-0.1, -0.05) is 0 Å². The molecule has 10 nitrogen and oxygen atoms in total. The molecule has 39 heavy (non-hydrogen) atoms. The van der Waals surface area contributed by atoms with E-state index in [9.17, 15) is 19.2 Å². The standard InChI is InChI=1S/C28H31NO9Te/c1-16-8-10-22(11-9-16)39-25(21-7-6-12-29-14-21)13-23-26(35-18(3)31)28(37-20(5)33)27(36-19(4)32)24(38-23)15-34-17(2)30/h6-14,23-24,26-28H,15H2,1-5H3/b25-13+/t23-,24-,26+,27-,28-/m1/s1. The Balaban J connectivity index is 2.12. The van der Waals surface area contributed by atoms with Crippen molar-refractivity contribution in [3.63, 3.8) is 0 Å². The third kappa shape index (κ3) is 9.17. The Morgan fingerprint density at radius 3 is 2.05 bits per heavy atom. The fraction of sp³-hybridized carbons (Fsp3) is 0.393. The van der Waals surface area contributed by atoms with Crippen LogP contribution in [0.3, 0.4) is 0 Å². The average molecular weight is 653 g/mol. The summed E-state index contributed by atoms with van der Waals surface area (Å²) in [5.41, 5.74) is 1.99. The predicted octanol–water partition coefficient (Wildman–Crippen LogP) is 1.89. The number of benzene rings is 1. The fourth-order valence-electron chi connectivity index (χ4n) is 3.98. The third-order valence-electron chi connectivity index (χ3n) is 5.54. The van der Waals surface area contributed by atoms with Gasteiger partial charge in [-0.2, -0.15) is 0 Å². The maximum atomic E-state index is 12.2. The number of hydrogen-bond acceptors (Lipinski definition) is 10. The maximum absolute atomic E-state index is 12.2. The van der Waals surface area contributed by atoms with Gasteiger partial charge in [-0.3, -0.25) is 0 Å². The van der Waals surface area contributed by atoms with Gasteiger partial charge < -0.3 is 0 Å². The second-order valence-electron chi connectivity index (χ2n) is 8.85. The Hall–Kier alpha value is -3.26. The molecule has 2 heterocycles. The van der Waals surface area contributed by atoms with Gasteiger partial charge in [0.1, 0.15) is 0 Å². The molecule has 0 amide bonds. The first-order chi connectivity index (χ1) is 18.5. The molecule has 1 fully saturated rings. The first-order valence-corrected chi connectivity index (χ1v) is 14.5. The summed E-state index contributed by atoms with van der Waals surface area (Å²) in [7, 11) is 0. The van der Waals surface area contributed by atoms with Crippen LogP contribution in [-0.2, 0) is 42.9 Å². The molecule has 0 saturated carbocycles. The monoisotopic (exact) mass is 655 g/mol. The summed E-state index contributed by atoms with van der Waals surface area (Å²) >= 11 is -0.994. The van der Waals surface area contributed by atoms with Crippen LogP contribution in [0.1, 0.15) is 38.8 Å². The minimum absolute atomic E-state index is 0.279. The predicted molar refractivity (Wildman–Crippen MR) is 141 cm³/mol. The number of aryl methyl sites for hydroxylation is 1. The summed E-state index contributed by atoms with van der Waals surface area (Å²) < 4.78 is 30.2. The van der Waals surface area contributed by atoms with Crippen LogP contribution in [0.2, 0.25) is 0 Å². The van der Waals surface area contributed by atoms with E-state index in [0.717, 1.165) is 18.4 Å². The van der Waals surface area contributed by atoms with E-state index < -0.39 is 75.3 Å². The first-order valence-electron chi connectivity index (χ1n) is 12.2. The quantitative estimate of drug-likeness (QED) is 0.225. The number of carbonyl (C=O) groups excluding carboxylic acids is 4. The number of rotatable bonds is 9. The normalized spacial score (nSPS) is 22.9. The molecule has 1 aromatic heterocycles. The zero-order chi connectivity index (χ0) is 28.5. The van der Waals surface area contributed by atoms with Crippen molar-refractivity contribution >= 4 is 52.0 Å². The zero-order valence-electron chi connectivity index (χ0n) is 22.3. The summed E-state index contributed by atoms with van der Waals surface area (Å²) in [6, 6.07) is 11.9. The van der Waals surface area contributed by atoms with E-state index in [2.05, 4.69) is 17.1 Å². The van der Waals surface area contributed by atoms with Crippen LogP contribution in [0.25, 0.3) is 3.62 Å². The van der Waals surface area contributed by atoms with Crippen molar-refractivity contribution in [3.05, 3.63) is 66.0 Å². The van der Waals surface area contributed by atoms with E-state index in [4.69, 9.17) is 23.7 Å². The molecule has 5 atom stereocenters. The van der Waals surface area contributed by atoms with Crippen LogP contribution in [0.15, 0.2) is 54.9 Å². The molecule has 1 saturated heterocycles. The Morgan fingerprint density at radius 1 is 0.872 bits per heavy atom. The molecular weight excluding hydrogens is 622 g/mol. The van der Waals surface area contributed by atoms with Gasteiger partial charge in [-0.25, -0.2) is 0 Å². The molecule has 208 valence electrons. The molecule has 0 unspecified atom stereocenters. The van der Waals surface area contributed by atoms with E-state index in [0.29, 0.717) is 0 Å². The van der Waals surface area contributed by atoms with E-state index >= 15 is 0 Å². The van der Waals surface area contributed by atoms with Crippen molar-refractivity contribution in [2.45, 2.75) is 65.1 Å². The second-order valence-corrected chi connectivity index (χ2v) is 12.0. The molecule has 1 aliphatic rings. The van der Waals surface area contributed by atoms with Crippen LogP contribution < -0.4 is 3.61 Å². The minimum atomic E-state index is -1.22.